The number of amides is 2. The summed E-state index contributed by atoms with van der Waals surface area (Å²) in [5.41, 5.74) is 2.47. The number of rotatable bonds is 7. The van der Waals surface area contributed by atoms with E-state index in [4.69, 9.17) is 16.1 Å². The van der Waals surface area contributed by atoms with Gasteiger partial charge >= 0.3 is 0 Å². The summed E-state index contributed by atoms with van der Waals surface area (Å²) >= 11 is 6.22. The lowest BCUT2D eigenvalue weighted by Crippen LogP contribution is -2.48. The Morgan fingerprint density at radius 3 is 2.59 bits per heavy atom. The molecule has 0 saturated heterocycles. The molecule has 180 valence electrons. The number of halogens is 1. The second-order valence-electron chi connectivity index (χ2n) is 8.62. The number of aromatic nitrogens is 4. The van der Waals surface area contributed by atoms with Gasteiger partial charge in [0.25, 0.3) is 5.91 Å². The van der Waals surface area contributed by atoms with E-state index in [-0.39, 0.29) is 17.7 Å². The van der Waals surface area contributed by atoms with Crippen molar-refractivity contribution >= 4 is 29.2 Å². The highest BCUT2D eigenvalue weighted by Crippen LogP contribution is 2.28. The maximum Gasteiger partial charge on any atom is 0.257 e. The fraction of sp³-hybridized carbons (Fsp3) is 0.458. The minimum absolute atomic E-state index is 0.0453. The minimum Gasteiger partial charge on any atom is -0.364 e. The van der Waals surface area contributed by atoms with Crippen LogP contribution in [-0.2, 0) is 18.3 Å². The van der Waals surface area contributed by atoms with E-state index >= 15 is 0 Å². The predicted molar refractivity (Wildman–Crippen MR) is 128 cm³/mol. The number of nitrogens with one attached hydrogen (secondary N) is 2. The van der Waals surface area contributed by atoms with Gasteiger partial charge in [0.15, 0.2) is 0 Å². The van der Waals surface area contributed by atoms with Gasteiger partial charge in [-0.25, -0.2) is 4.98 Å². The topological polar surface area (TPSA) is 115 Å². The predicted octanol–water partition coefficient (Wildman–Crippen LogP) is 4.39. The first-order chi connectivity index (χ1) is 16.5. The summed E-state index contributed by atoms with van der Waals surface area (Å²) in [7, 11) is 1.80. The van der Waals surface area contributed by atoms with E-state index in [1.54, 1.807) is 30.2 Å². The monoisotopic (exact) mass is 484 g/mol. The maximum atomic E-state index is 13.4. The van der Waals surface area contributed by atoms with Crippen LogP contribution in [0.15, 0.2) is 35.3 Å². The van der Waals surface area contributed by atoms with Crippen molar-refractivity contribution in [3.05, 3.63) is 47.1 Å². The van der Waals surface area contributed by atoms with Crippen molar-refractivity contribution < 1.29 is 14.1 Å². The molecule has 0 bridgehead atoms. The number of aryl methyl sites for hydroxylation is 2. The van der Waals surface area contributed by atoms with Crippen LogP contribution in [-0.4, -0.2) is 37.8 Å². The molecule has 10 heteroatoms. The largest absolute Gasteiger partial charge is 0.364 e. The Labute approximate surface area is 203 Å². The van der Waals surface area contributed by atoms with E-state index in [2.05, 4.69) is 25.9 Å². The molecule has 0 radical (unpaired) electrons. The van der Waals surface area contributed by atoms with E-state index in [1.165, 1.54) is 6.26 Å². The summed E-state index contributed by atoms with van der Waals surface area (Å²) in [6.45, 7) is 1.90. The molecule has 3 aromatic rings. The van der Waals surface area contributed by atoms with Gasteiger partial charge in [0.05, 0.1) is 22.6 Å². The maximum absolute atomic E-state index is 13.4. The highest BCUT2D eigenvalue weighted by Gasteiger charge is 2.32. The molecule has 1 atom stereocenters. The normalized spacial score (nSPS) is 15.5. The quantitative estimate of drug-likeness (QED) is 0.480. The molecule has 0 aliphatic heterocycles. The van der Waals surface area contributed by atoms with Crippen LogP contribution in [0.25, 0.3) is 11.3 Å². The highest BCUT2D eigenvalue weighted by molar-refractivity contribution is 6.33. The lowest BCUT2D eigenvalue weighted by molar-refractivity contribution is -0.119. The van der Waals surface area contributed by atoms with E-state index < -0.39 is 6.04 Å². The van der Waals surface area contributed by atoms with E-state index in [0.717, 1.165) is 49.8 Å². The average molecular weight is 485 g/mol. The lowest BCUT2D eigenvalue weighted by Gasteiger charge is -2.26. The molecule has 1 aliphatic carbocycles. The van der Waals surface area contributed by atoms with Crippen molar-refractivity contribution in [1.29, 1.82) is 0 Å². The van der Waals surface area contributed by atoms with Crippen molar-refractivity contribution in [3.63, 3.8) is 0 Å². The molecule has 34 heavy (non-hydrogen) atoms. The molecule has 2 amide bonds. The number of pyridine rings is 1. The molecule has 3 heterocycles. The third-order valence-electron chi connectivity index (χ3n) is 6.35. The first-order valence-electron chi connectivity index (χ1n) is 11.7. The molecular formula is C24H29ClN6O3. The Kier molecular flexibility index (Phi) is 7.62. The summed E-state index contributed by atoms with van der Waals surface area (Å²) in [5, 5.41) is 14.4. The van der Waals surface area contributed by atoms with E-state index in [0.29, 0.717) is 28.5 Å². The second-order valence-corrected chi connectivity index (χ2v) is 9.02. The Morgan fingerprint density at radius 2 is 1.97 bits per heavy atom. The van der Waals surface area contributed by atoms with Crippen LogP contribution in [0.3, 0.4) is 0 Å². The van der Waals surface area contributed by atoms with E-state index in [9.17, 15) is 9.59 Å². The summed E-state index contributed by atoms with van der Waals surface area (Å²) in [5.74, 6) is -0.187. The van der Waals surface area contributed by atoms with Crippen molar-refractivity contribution in [3.8, 4) is 11.3 Å². The Morgan fingerprint density at radius 1 is 1.21 bits per heavy atom. The number of hydrogen-bond donors (Lipinski definition) is 2. The minimum atomic E-state index is -0.682. The van der Waals surface area contributed by atoms with Crippen LogP contribution >= 0.6 is 11.6 Å². The number of nitrogens with zero attached hydrogens (tertiary/aromatic N) is 4. The van der Waals surface area contributed by atoms with Crippen LogP contribution in [0, 0.1) is 5.92 Å². The lowest BCUT2D eigenvalue weighted by atomic mass is 9.90. The fourth-order valence-corrected chi connectivity index (χ4v) is 4.78. The number of anilines is 1. The van der Waals surface area contributed by atoms with Crippen molar-refractivity contribution in [2.75, 3.05) is 5.32 Å². The van der Waals surface area contributed by atoms with Crippen LogP contribution in [0.2, 0.25) is 5.02 Å². The fourth-order valence-electron chi connectivity index (χ4n) is 4.51. The standard InChI is InChI=1S/C24H29ClN6O3/c1-3-19-17(14-34-30-19)23(32)29-21(15-8-6-4-5-7-9-15)24(33)28-20-11-10-16(12-26-20)22-18(25)13-27-31(22)2/h10-15,21H,3-9H2,1-2H3,(H,29,32)(H,26,28,33). The van der Waals surface area contributed by atoms with Gasteiger partial charge in [0, 0.05) is 18.8 Å². The van der Waals surface area contributed by atoms with Gasteiger partial charge in [-0.1, -0.05) is 49.4 Å². The molecule has 0 spiro atoms. The molecule has 3 aromatic heterocycles. The molecule has 0 aromatic carbocycles. The van der Waals surface area contributed by atoms with Crippen LogP contribution in [0.4, 0.5) is 5.82 Å². The first-order valence-corrected chi connectivity index (χ1v) is 12.0. The Hall–Kier alpha value is -3.20. The van der Waals surface area contributed by atoms with Crippen molar-refractivity contribution in [2.24, 2.45) is 13.0 Å². The third-order valence-corrected chi connectivity index (χ3v) is 6.62. The molecular weight excluding hydrogens is 456 g/mol. The van der Waals surface area contributed by atoms with Gasteiger partial charge < -0.3 is 15.2 Å². The zero-order valence-electron chi connectivity index (χ0n) is 19.4. The molecule has 1 saturated carbocycles. The smallest absolute Gasteiger partial charge is 0.257 e. The third kappa shape index (κ3) is 5.30. The average Bonchev–Trinajstić information content (AvgIpc) is 3.34. The highest BCUT2D eigenvalue weighted by atomic mass is 35.5. The zero-order chi connectivity index (χ0) is 24.1. The summed E-state index contributed by atoms with van der Waals surface area (Å²) < 4.78 is 6.65. The Bertz CT molecular complexity index is 1110. The molecule has 1 fully saturated rings. The number of carbonyl (C=O) groups excluding carboxylic acids is 2. The SMILES string of the molecule is CCc1nocc1C(=O)NC(C(=O)Nc1ccc(-c2c(Cl)cnn2C)cn1)C1CCCCCC1. The van der Waals surface area contributed by atoms with Gasteiger partial charge in [-0.3, -0.25) is 14.3 Å². The van der Waals surface area contributed by atoms with Gasteiger partial charge in [-0.05, 0) is 37.3 Å². The van der Waals surface area contributed by atoms with Crippen molar-refractivity contribution in [1.82, 2.24) is 25.2 Å². The Balaban J connectivity index is 1.52. The van der Waals surface area contributed by atoms with Crippen LogP contribution in [0.1, 0.15) is 61.5 Å². The van der Waals surface area contributed by atoms with E-state index in [1.807, 2.05) is 13.0 Å². The molecule has 1 aliphatic rings. The first kappa shape index (κ1) is 23.9. The summed E-state index contributed by atoms with van der Waals surface area (Å²) in [6, 6.07) is 2.87. The van der Waals surface area contributed by atoms with Gasteiger partial charge in [0.2, 0.25) is 5.91 Å². The molecule has 4 rings (SSSR count). The summed E-state index contributed by atoms with van der Waals surface area (Å²) in [6.07, 6.45) is 11.2. The molecule has 1 unspecified atom stereocenters. The van der Waals surface area contributed by atoms with Crippen molar-refractivity contribution in [2.45, 2.75) is 57.9 Å². The van der Waals surface area contributed by atoms with Gasteiger partial charge in [-0.15, -0.1) is 0 Å². The second kappa shape index (κ2) is 10.8. The number of hydrogen-bond acceptors (Lipinski definition) is 6. The number of carbonyl (C=O) groups is 2. The van der Waals surface area contributed by atoms with Gasteiger partial charge in [-0.2, -0.15) is 5.10 Å². The van der Waals surface area contributed by atoms with Crippen LogP contribution in [0.5, 0.6) is 0 Å². The molecule has 9 nitrogen and oxygen atoms in total. The summed E-state index contributed by atoms with van der Waals surface area (Å²) in [4.78, 5) is 30.7. The molecule has 2 N–H and O–H groups in total. The van der Waals surface area contributed by atoms with Crippen LogP contribution < -0.4 is 10.6 Å². The van der Waals surface area contributed by atoms with Gasteiger partial charge in [0.1, 0.15) is 23.7 Å². The zero-order valence-corrected chi connectivity index (χ0v) is 20.1.